The van der Waals surface area contributed by atoms with Crippen LogP contribution in [0.15, 0.2) is 24.3 Å². The van der Waals surface area contributed by atoms with Gasteiger partial charge in [-0.15, -0.1) is 0 Å². The first-order chi connectivity index (χ1) is 10.1. The Morgan fingerprint density at radius 1 is 1.33 bits per heavy atom. The molecule has 0 aliphatic carbocycles. The van der Waals surface area contributed by atoms with E-state index in [1.165, 1.54) is 0 Å². The van der Waals surface area contributed by atoms with Crippen LogP contribution in [0.1, 0.15) is 25.8 Å². The van der Waals surface area contributed by atoms with E-state index in [9.17, 15) is 4.79 Å². The minimum atomic E-state index is -0.154. The second-order valence-corrected chi connectivity index (χ2v) is 5.16. The van der Waals surface area contributed by atoms with Gasteiger partial charge in [0.15, 0.2) is 0 Å². The predicted molar refractivity (Wildman–Crippen MR) is 85.6 cm³/mol. The molecule has 5 heteroatoms. The quantitative estimate of drug-likeness (QED) is 0.773. The van der Waals surface area contributed by atoms with Gasteiger partial charge in [0.25, 0.3) is 0 Å². The molecule has 0 fully saturated rings. The van der Waals surface area contributed by atoms with Crippen LogP contribution in [0, 0.1) is 0 Å². The van der Waals surface area contributed by atoms with Gasteiger partial charge in [0, 0.05) is 31.2 Å². The molecule has 1 aromatic rings. The van der Waals surface area contributed by atoms with Gasteiger partial charge in [-0.3, -0.25) is 0 Å². The molecular weight excluding hydrogens is 266 g/mol. The lowest BCUT2D eigenvalue weighted by molar-refractivity contribution is 0.230. The molecule has 2 amide bonds. The molecule has 0 heterocycles. The molecule has 0 saturated heterocycles. The smallest absolute Gasteiger partial charge is 0.315 e. The van der Waals surface area contributed by atoms with Gasteiger partial charge in [-0.05, 0) is 26.5 Å². The van der Waals surface area contributed by atoms with E-state index < -0.39 is 0 Å². The van der Waals surface area contributed by atoms with Crippen LogP contribution in [-0.2, 0) is 6.54 Å². The highest BCUT2D eigenvalue weighted by Crippen LogP contribution is 2.16. The Hall–Kier alpha value is -1.75. The minimum absolute atomic E-state index is 0.154. The summed E-state index contributed by atoms with van der Waals surface area (Å²) in [5.74, 6) is 0.786. The monoisotopic (exact) mass is 293 g/mol. The standard InChI is InChI=1S/C16H27N3O2/c1-5-13(2)19(3)11-10-17-16(20)18-12-14-8-6-7-9-15(14)21-4/h6-9,13H,5,10-12H2,1-4H3,(H2,17,18,20). The number of likely N-dealkylation sites (N-methyl/N-ethyl adjacent to an activating group) is 1. The number of nitrogens with one attached hydrogen (secondary N) is 2. The van der Waals surface area contributed by atoms with Crippen LogP contribution in [0.5, 0.6) is 5.75 Å². The summed E-state index contributed by atoms with van der Waals surface area (Å²) in [6, 6.07) is 8.04. The molecule has 0 aliphatic heterocycles. The molecule has 0 aromatic heterocycles. The molecule has 0 radical (unpaired) electrons. The maximum atomic E-state index is 11.8. The minimum Gasteiger partial charge on any atom is -0.496 e. The van der Waals surface area contributed by atoms with Crippen molar-refractivity contribution in [3.8, 4) is 5.75 Å². The van der Waals surface area contributed by atoms with Gasteiger partial charge in [0.1, 0.15) is 5.75 Å². The van der Waals surface area contributed by atoms with Crippen LogP contribution in [0.4, 0.5) is 4.79 Å². The predicted octanol–water partition coefficient (Wildman–Crippen LogP) is 2.22. The van der Waals surface area contributed by atoms with E-state index in [4.69, 9.17) is 4.74 Å². The third-order valence-electron chi connectivity index (χ3n) is 3.73. The number of para-hydroxylation sites is 1. The summed E-state index contributed by atoms with van der Waals surface area (Å²) in [7, 11) is 3.70. The van der Waals surface area contributed by atoms with Crippen LogP contribution in [0.2, 0.25) is 0 Å². The number of ether oxygens (including phenoxy) is 1. The summed E-state index contributed by atoms with van der Waals surface area (Å²) in [4.78, 5) is 14.0. The molecule has 5 nitrogen and oxygen atoms in total. The van der Waals surface area contributed by atoms with Crippen LogP contribution < -0.4 is 15.4 Å². The van der Waals surface area contributed by atoms with Gasteiger partial charge in [-0.25, -0.2) is 4.79 Å². The van der Waals surface area contributed by atoms with Crippen molar-refractivity contribution in [1.29, 1.82) is 0 Å². The van der Waals surface area contributed by atoms with Crippen LogP contribution in [0.3, 0.4) is 0 Å². The van der Waals surface area contributed by atoms with Crippen molar-refractivity contribution >= 4 is 6.03 Å². The summed E-state index contributed by atoms with van der Waals surface area (Å²) >= 11 is 0. The third-order valence-corrected chi connectivity index (χ3v) is 3.73. The van der Waals surface area contributed by atoms with Crippen molar-refractivity contribution < 1.29 is 9.53 Å². The number of carbonyl (C=O) groups is 1. The van der Waals surface area contributed by atoms with Gasteiger partial charge in [0.2, 0.25) is 0 Å². The highest BCUT2D eigenvalue weighted by molar-refractivity contribution is 5.73. The summed E-state index contributed by atoms with van der Waals surface area (Å²) in [5, 5.41) is 5.71. The van der Waals surface area contributed by atoms with Crippen molar-refractivity contribution in [2.45, 2.75) is 32.9 Å². The van der Waals surface area contributed by atoms with E-state index in [2.05, 4.69) is 36.4 Å². The topological polar surface area (TPSA) is 53.6 Å². The zero-order valence-corrected chi connectivity index (χ0v) is 13.5. The second-order valence-electron chi connectivity index (χ2n) is 5.16. The molecule has 0 bridgehead atoms. The number of rotatable bonds is 8. The zero-order chi connectivity index (χ0) is 15.7. The number of urea groups is 1. The van der Waals surface area contributed by atoms with Crippen LogP contribution in [-0.4, -0.2) is 44.2 Å². The van der Waals surface area contributed by atoms with Gasteiger partial charge in [0.05, 0.1) is 7.11 Å². The maximum absolute atomic E-state index is 11.8. The van der Waals surface area contributed by atoms with E-state index in [-0.39, 0.29) is 6.03 Å². The summed E-state index contributed by atoms with van der Waals surface area (Å²) in [6.45, 7) is 6.28. The lowest BCUT2D eigenvalue weighted by atomic mass is 10.2. The highest BCUT2D eigenvalue weighted by Gasteiger charge is 2.07. The Labute approximate surface area is 127 Å². The summed E-state index contributed by atoms with van der Waals surface area (Å²) < 4.78 is 5.25. The van der Waals surface area contributed by atoms with Crippen molar-refractivity contribution in [3.63, 3.8) is 0 Å². The molecule has 0 saturated carbocycles. The fraction of sp³-hybridized carbons (Fsp3) is 0.562. The maximum Gasteiger partial charge on any atom is 0.315 e. The van der Waals surface area contributed by atoms with Gasteiger partial charge in [-0.1, -0.05) is 25.1 Å². The normalized spacial score (nSPS) is 12.0. The molecule has 0 spiro atoms. The van der Waals surface area contributed by atoms with E-state index in [1.807, 2.05) is 24.3 Å². The van der Waals surface area contributed by atoms with Gasteiger partial charge in [-0.2, -0.15) is 0 Å². The van der Waals surface area contributed by atoms with Crippen molar-refractivity contribution in [3.05, 3.63) is 29.8 Å². The highest BCUT2D eigenvalue weighted by atomic mass is 16.5. The summed E-state index contributed by atoms with van der Waals surface area (Å²) in [5.41, 5.74) is 0.965. The fourth-order valence-corrected chi connectivity index (χ4v) is 1.96. The number of methoxy groups -OCH3 is 1. The number of carbonyl (C=O) groups excluding carboxylic acids is 1. The van der Waals surface area contributed by atoms with Crippen molar-refractivity contribution in [2.75, 3.05) is 27.2 Å². The van der Waals surface area contributed by atoms with Crippen LogP contribution in [0.25, 0.3) is 0 Å². The molecule has 1 rings (SSSR count). The number of nitrogens with zero attached hydrogens (tertiary/aromatic N) is 1. The molecule has 1 atom stereocenters. The second kappa shape index (κ2) is 9.23. The van der Waals surface area contributed by atoms with E-state index in [0.717, 1.165) is 24.3 Å². The third kappa shape index (κ3) is 6.04. The van der Waals surface area contributed by atoms with Gasteiger partial charge >= 0.3 is 6.03 Å². The Bertz CT molecular complexity index is 437. The molecular formula is C16H27N3O2. The lowest BCUT2D eigenvalue weighted by Gasteiger charge is -2.23. The Morgan fingerprint density at radius 2 is 2.05 bits per heavy atom. The Balaban J connectivity index is 2.28. The van der Waals surface area contributed by atoms with E-state index in [1.54, 1.807) is 7.11 Å². The fourth-order valence-electron chi connectivity index (χ4n) is 1.96. The molecule has 21 heavy (non-hydrogen) atoms. The lowest BCUT2D eigenvalue weighted by Crippen LogP contribution is -2.41. The first-order valence-electron chi connectivity index (χ1n) is 7.42. The Morgan fingerprint density at radius 3 is 2.71 bits per heavy atom. The largest absolute Gasteiger partial charge is 0.496 e. The number of hydrogen-bond donors (Lipinski definition) is 2. The number of amides is 2. The molecule has 118 valence electrons. The van der Waals surface area contributed by atoms with Gasteiger partial charge < -0.3 is 20.3 Å². The average Bonchev–Trinajstić information content (AvgIpc) is 2.52. The SMILES string of the molecule is CCC(C)N(C)CCNC(=O)NCc1ccccc1OC. The average molecular weight is 293 g/mol. The molecule has 1 unspecified atom stereocenters. The molecule has 2 N–H and O–H groups in total. The van der Waals surface area contributed by atoms with Crippen molar-refractivity contribution in [2.24, 2.45) is 0 Å². The number of benzene rings is 1. The summed E-state index contributed by atoms with van der Waals surface area (Å²) in [6.07, 6.45) is 1.11. The first-order valence-corrected chi connectivity index (χ1v) is 7.42. The van der Waals surface area contributed by atoms with Crippen molar-refractivity contribution in [1.82, 2.24) is 15.5 Å². The Kier molecular flexibility index (Phi) is 7.61. The number of hydrogen-bond acceptors (Lipinski definition) is 3. The zero-order valence-electron chi connectivity index (χ0n) is 13.5. The molecule has 1 aromatic carbocycles. The van der Waals surface area contributed by atoms with E-state index in [0.29, 0.717) is 19.1 Å². The first kappa shape index (κ1) is 17.3. The van der Waals surface area contributed by atoms with E-state index >= 15 is 0 Å². The van der Waals surface area contributed by atoms with Crippen LogP contribution >= 0.6 is 0 Å². The molecule has 0 aliphatic rings.